The van der Waals surface area contributed by atoms with E-state index in [1.165, 1.54) is 38.8 Å². The maximum Gasteiger partial charge on any atom is 0.000975 e. The van der Waals surface area contributed by atoms with Crippen molar-refractivity contribution in [1.29, 1.82) is 0 Å². The van der Waals surface area contributed by atoms with E-state index in [4.69, 9.17) is 0 Å². The first-order valence-corrected chi connectivity index (χ1v) is 5.42. The van der Waals surface area contributed by atoms with Gasteiger partial charge in [0.15, 0.2) is 0 Å². The van der Waals surface area contributed by atoms with Gasteiger partial charge in [-0.25, -0.2) is 0 Å². The van der Waals surface area contributed by atoms with Gasteiger partial charge in [0, 0.05) is 13.1 Å². The van der Waals surface area contributed by atoms with Gasteiger partial charge >= 0.3 is 0 Å². The van der Waals surface area contributed by atoms with Crippen LogP contribution in [0.25, 0.3) is 0 Å². The molecular formula is C11H23N. The molecule has 0 radical (unpaired) electrons. The Morgan fingerprint density at radius 3 is 2.50 bits per heavy atom. The van der Waals surface area contributed by atoms with Crippen molar-refractivity contribution in [3.63, 3.8) is 0 Å². The Bertz CT molecular complexity index is 122. The summed E-state index contributed by atoms with van der Waals surface area (Å²) in [5, 5.41) is 0. The zero-order valence-electron chi connectivity index (χ0n) is 8.84. The average molecular weight is 169 g/mol. The summed E-state index contributed by atoms with van der Waals surface area (Å²) in [6.45, 7) is 7.34. The predicted octanol–water partition coefficient (Wildman–Crippen LogP) is 2.76. The van der Waals surface area contributed by atoms with Crippen molar-refractivity contribution in [3.05, 3.63) is 0 Å². The van der Waals surface area contributed by atoms with Crippen LogP contribution in [0.2, 0.25) is 0 Å². The zero-order valence-corrected chi connectivity index (χ0v) is 8.84. The van der Waals surface area contributed by atoms with Crippen molar-refractivity contribution < 1.29 is 0 Å². The highest BCUT2D eigenvalue weighted by Gasteiger charge is 2.26. The second-order valence-corrected chi connectivity index (χ2v) is 4.45. The molecule has 0 saturated carbocycles. The number of unbranched alkanes of at least 4 members (excludes halogenated alkanes) is 2. The average Bonchev–Trinajstić information content (AvgIpc) is 2.31. The molecule has 12 heavy (non-hydrogen) atoms. The molecule has 1 aliphatic rings. The number of likely N-dealkylation sites (tertiary alicyclic amines) is 1. The molecule has 0 aromatic rings. The molecule has 1 nitrogen and oxygen atoms in total. The van der Waals surface area contributed by atoms with Crippen molar-refractivity contribution in [3.8, 4) is 0 Å². The summed E-state index contributed by atoms with van der Waals surface area (Å²) >= 11 is 0. The van der Waals surface area contributed by atoms with E-state index >= 15 is 0 Å². The van der Waals surface area contributed by atoms with Crippen molar-refractivity contribution in [1.82, 2.24) is 4.90 Å². The van der Waals surface area contributed by atoms with Crippen molar-refractivity contribution in [2.75, 3.05) is 20.1 Å². The third-order valence-corrected chi connectivity index (χ3v) is 3.13. The van der Waals surface area contributed by atoms with Crippen LogP contribution in [0.5, 0.6) is 0 Å². The summed E-state index contributed by atoms with van der Waals surface area (Å²) in [5.41, 5.74) is 0. The predicted molar refractivity (Wildman–Crippen MR) is 54.3 cm³/mol. The van der Waals surface area contributed by atoms with Crippen LogP contribution in [0, 0.1) is 11.8 Å². The van der Waals surface area contributed by atoms with Gasteiger partial charge in [-0.15, -0.1) is 0 Å². The Kier molecular flexibility index (Phi) is 4.07. The normalized spacial score (nSPS) is 31.2. The van der Waals surface area contributed by atoms with Gasteiger partial charge in [-0.3, -0.25) is 0 Å². The number of hydrogen-bond donors (Lipinski definition) is 0. The Morgan fingerprint density at radius 2 is 2.00 bits per heavy atom. The summed E-state index contributed by atoms with van der Waals surface area (Å²) in [6, 6.07) is 0. The topological polar surface area (TPSA) is 3.24 Å². The van der Waals surface area contributed by atoms with Crippen LogP contribution in [0.3, 0.4) is 0 Å². The third kappa shape index (κ3) is 2.78. The molecule has 1 fully saturated rings. The van der Waals surface area contributed by atoms with Crippen molar-refractivity contribution in [2.45, 2.75) is 39.5 Å². The molecule has 0 aromatic carbocycles. The van der Waals surface area contributed by atoms with Gasteiger partial charge in [0.1, 0.15) is 0 Å². The lowest BCUT2D eigenvalue weighted by Crippen LogP contribution is -2.13. The smallest absolute Gasteiger partial charge is 0.000975 e. The molecule has 0 aromatic heterocycles. The van der Waals surface area contributed by atoms with Crippen LogP contribution in [0.15, 0.2) is 0 Å². The lowest BCUT2D eigenvalue weighted by atomic mass is 9.92. The SMILES string of the molecule is CCCCCC1CN(C)CC1C. The van der Waals surface area contributed by atoms with Gasteiger partial charge in [-0.2, -0.15) is 0 Å². The van der Waals surface area contributed by atoms with E-state index in [2.05, 4.69) is 25.8 Å². The van der Waals surface area contributed by atoms with E-state index in [-0.39, 0.29) is 0 Å². The first kappa shape index (κ1) is 10.0. The van der Waals surface area contributed by atoms with E-state index in [1.807, 2.05) is 0 Å². The van der Waals surface area contributed by atoms with Crippen LogP contribution >= 0.6 is 0 Å². The van der Waals surface area contributed by atoms with Crippen LogP contribution in [0.1, 0.15) is 39.5 Å². The maximum atomic E-state index is 2.47. The fourth-order valence-corrected chi connectivity index (χ4v) is 2.33. The number of nitrogens with zero attached hydrogens (tertiary/aromatic N) is 1. The van der Waals surface area contributed by atoms with Gasteiger partial charge in [-0.1, -0.05) is 33.1 Å². The van der Waals surface area contributed by atoms with E-state index in [0.29, 0.717) is 0 Å². The van der Waals surface area contributed by atoms with Gasteiger partial charge in [0.25, 0.3) is 0 Å². The van der Waals surface area contributed by atoms with Gasteiger partial charge in [-0.05, 0) is 25.3 Å². The van der Waals surface area contributed by atoms with Gasteiger partial charge in [0.2, 0.25) is 0 Å². The van der Waals surface area contributed by atoms with E-state index < -0.39 is 0 Å². The highest BCUT2D eigenvalue weighted by molar-refractivity contribution is 4.78. The monoisotopic (exact) mass is 169 g/mol. The maximum absolute atomic E-state index is 2.47. The Hall–Kier alpha value is -0.0400. The molecule has 1 heterocycles. The standard InChI is InChI=1S/C11H23N/c1-4-5-6-7-11-9-12(3)8-10(11)2/h10-11H,4-9H2,1-3H3. The van der Waals surface area contributed by atoms with Crippen LogP contribution in [-0.2, 0) is 0 Å². The summed E-state index contributed by atoms with van der Waals surface area (Å²) < 4.78 is 0. The minimum Gasteiger partial charge on any atom is -0.306 e. The fourth-order valence-electron chi connectivity index (χ4n) is 2.33. The molecule has 1 saturated heterocycles. The lowest BCUT2D eigenvalue weighted by molar-refractivity contribution is 0.380. The van der Waals surface area contributed by atoms with Gasteiger partial charge in [0.05, 0.1) is 0 Å². The van der Waals surface area contributed by atoms with Crippen LogP contribution in [-0.4, -0.2) is 25.0 Å². The summed E-state index contributed by atoms with van der Waals surface area (Å²) in [5.74, 6) is 1.92. The van der Waals surface area contributed by atoms with E-state index in [0.717, 1.165) is 11.8 Å². The number of rotatable bonds is 4. The summed E-state index contributed by atoms with van der Waals surface area (Å²) in [4.78, 5) is 2.47. The largest absolute Gasteiger partial charge is 0.306 e. The molecule has 1 heteroatoms. The van der Waals surface area contributed by atoms with Gasteiger partial charge < -0.3 is 4.90 Å². The molecule has 1 aliphatic heterocycles. The van der Waals surface area contributed by atoms with Crippen LogP contribution < -0.4 is 0 Å². The van der Waals surface area contributed by atoms with Crippen molar-refractivity contribution in [2.24, 2.45) is 11.8 Å². The lowest BCUT2D eigenvalue weighted by Gasteiger charge is -2.12. The Labute approximate surface area is 77.1 Å². The molecule has 2 unspecified atom stereocenters. The molecule has 0 bridgehead atoms. The second-order valence-electron chi connectivity index (χ2n) is 4.45. The molecule has 0 amide bonds. The first-order valence-electron chi connectivity index (χ1n) is 5.42. The molecule has 0 aliphatic carbocycles. The molecule has 72 valence electrons. The summed E-state index contributed by atoms with van der Waals surface area (Å²) in [7, 11) is 2.25. The Balaban J connectivity index is 2.15. The number of hydrogen-bond acceptors (Lipinski definition) is 1. The van der Waals surface area contributed by atoms with E-state index in [9.17, 15) is 0 Å². The zero-order chi connectivity index (χ0) is 8.97. The molecule has 0 N–H and O–H groups in total. The minimum absolute atomic E-state index is 0.937. The first-order chi connectivity index (χ1) is 5.74. The van der Waals surface area contributed by atoms with Crippen molar-refractivity contribution >= 4 is 0 Å². The molecule has 1 rings (SSSR count). The molecular weight excluding hydrogens is 146 g/mol. The fraction of sp³-hybridized carbons (Fsp3) is 1.00. The second kappa shape index (κ2) is 4.86. The quantitative estimate of drug-likeness (QED) is 0.585. The minimum atomic E-state index is 0.937. The molecule has 0 spiro atoms. The Morgan fingerprint density at radius 1 is 1.25 bits per heavy atom. The van der Waals surface area contributed by atoms with Crippen LogP contribution in [0.4, 0.5) is 0 Å². The summed E-state index contributed by atoms with van der Waals surface area (Å²) in [6.07, 6.45) is 5.68. The highest BCUT2D eigenvalue weighted by atomic mass is 15.1. The van der Waals surface area contributed by atoms with E-state index in [1.54, 1.807) is 0 Å². The highest BCUT2D eigenvalue weighted by Crippen LogP contribution is 2.26. The molecule has 2 atom stereocenters. The third-order valence-electron chi connectivity index (χ3n) is 3.13.